The second-order valence-corrected chi connectivity index (χ2v) is 6.51. The van der Waals surface area contributed by atoms with E-state index in [1.807, 2.05) is 74.9 Å². The molecular formula is C18H17N3OS. The van der Waals surface area contributed by atoms with Crippen LogP contribution in [0.5, 0.6) is 0 Å². The van der Waals surface area contributed by atoms with Gasteiger partial charge >= 0.3 is 0 Å². The fourth-order valence-electron chi connectivity index (χ4n) is 2.19. The van der Waals surface area contributed by atoms with Crippen LogP contribution in [0.2, 0.25) is 0 Å². The third-order valence-electron chi connectivity index (χ3n) is 3.44. The Morgan fingerprint density at radius 2 is 1.91 bits per heavy atom. The molecule has 23 heavy (non-hydrogen) atoms. The Labute approximate surface area is 138 Å². The van der Waals surface area contributed by atoms with Crippen molar-refractivity contribution < 1.29 is 4.55 Å². The number of aromatic nitrogens is 2. The Hall–Kier alpha value is -2.37. The van der Waals surface area contributed by atoms with Crippen LogP contribution in [0, 0.1) is 6.92 Å². The van der Waals surface area contributed by atoms with Crippen molar-refractivity contribution in [1.82, 2.24) is 9.78 Å². The van der Waals surface area contributed by atoms with Crippen LogP contribution >= 0.6 is 0 Å². The molecule has 1 unspecified atom stereocenters. The molecule has 1 atom stereocenters. The Morgan fingerprint density at radius 1 is 1.13 bits per heavy atom. The molecule has 0 aliphatic rings. The largest absolute Gasteiger partial charge is 0.586 e. The zero-order chi connectivity index (χ0) is 16.2. The van der Waals surface area contributed by atoms with Crippen LogP contribution in [0.25, 0.3) is 11.1 Å². The third-order valence-corrected chi connectivity index (χ3v) is 4.42. The topological polar surface area (TPSA) is 53.2 Å². The van der Waals surface area contributed by atoms with E-state index in [9.17, 15) is 4.55 Å². The van der Waals surface area contributed by atoms with E-state index in [4.69, 9.17) is 0 Å². The summed E-state index contributed by atoms with van der Waals surface area (Å²) >= 11 is -1.39. The summed E-state index contributed by atoms with van der Waals surface area (Å²) in [5.74, 6) is 0. The molecule has 0 saturated carbocycles. The normalized spacial score (nSPS) is 12.7. The molecule has 3 aromatic rings. The number of hydrogen-bond acceptors (Lipinski definition) is 3. The van der Waals surface area contributed by atoms with E-state index >= 15 is 0 Å². The lowest BCUT2D eigenvalue weighted by Crippen LogP contribution is -1.97. The van der Waals surface area contributed by atoms with Crippen LogP contribution in [0.4, 0.5) is 0 Å². The van der Waals surface area contributed by atoms with Gasteiger partial charge in [-0.05, 0) is 36.2 Å². The lowest BCUT2D eigenvalue weighted by Gasteiger charge is -2.03. The van der Waals surface area contributed by atoms with E-state index in [1.165, 1.54) is 0 Å². The Bertz CT molecular complexity index is 824. The second kappa shape index (κ2) is 6.81. The van der Waals surface area contributed by atoms with E-state index in [2.05, 4.69) is 9.50 Å². The minimum Gasteiger partial charge on any atom is -0.586 e. The molecule has 1 heterocycles. The molecule has 0 aliphatic carbocycles. The molecule has 0 amide bonds. The lowest BCUT2D eigenvalue weighted by atomic mass is 10.1. The summed E-state index contributed by atoms with van der Waals surface area (Å²) in [5, 5.41) is 4.18. The van der Waals surface area contributed by atoms with Gasteiger partial charge in [-0.25, -0.2) is 0 Å². The van der Waals surface area contributed by atoms with Gasteiger partial charge in [-0.2, -0.15) is 5.10 Å². The summed E-state index contributed by atoms with van der Waals surface area (Å²) in [7, 11) is 1.89. The van der Waals surface area contributed by atoms with Crippen LogP contribution < -0.4 is 0 Å². The van der Waals surface area contributed by atoms with Gasteiger partial charge in [0.25, 0.3) is 0 Å². The smallest absolute Gasteiger partial charge is 0.182 e. The van der Waals surface area contributed by atoms with Gasteiger partial charge < -0.3 is 4.55 Å². The van der Waals surface area contributed by atoms with Crippen LogP contribution in [0.15, 0.2) is 70.2 Å². The van der Waals surface area contributed by atoms with Crippen molar-refractivity contribution in [2.75, 3.05) is 0 Å². The fraction of sp³-hybridized carbons (Fsp3) is 0.111. The van der Waals surface area contributed by atoms with Gasteiger partial charge in [-0.15, -0.1) is 0 Å². The van der Waals surface area contributed by atoms with Crippen LogP contribution in [-0.2, 0) is 18.4 Å². The van der Waals surface area contributed by atoms with Gasteiger partial charge in [0.15, 0.2) is 4.90 Å². The van der Waals surface area contributed by atoms with Crippen molar-refractivity contribution in [3.8, 4) is 11.1 Å². The Morgan fingerprint density at radius 3 is 2.61 bits per heavy atom. The van der Waals surface area contributed by atoms with Crippen molar-refractivity contribution >= 4 is 17.6 Å². The average Bonchev–Trinajstić information content (AvgIpc) is 3.00. The fourth-order valence-corrected chi connectivity index (χ4v) is 2.90. The minimum atomic E-state index is -1.39. The first-order chi connectivity index (χ1) is 11.1. The molecule has 0 radical (unpaired) electrons. The molecule has 116 valence electrons. The molecule has 0 aliphatic heterocycles. The lowest BCUT2D eigenvalue weighted by molar-refractivity contribution is 0.597. The highest BCUT2D eigenvalue weighted by atomic mass is 32.2. The first kappa shape index (κ1) is 15.5. The first-order valence-electron chi connectivity index (χ1n) is 7.23. The van der Waals surface area contributed by atoms with Gasteiger partial charge in [-0.3, -0.25) is 4.68 Å². The highest BCUT2D eigenvalue weighted by molar-refractivity contribution is 7.90. The van der Waals surface area contributed by atoms with Crippen molar-refractivity contribution in [2.45, 2.75) is 11.8 Å². The third kappa shape index (κ3) is 3.88. The standard InChI is InChI=1S/C18H17N3OS/c1-14-6-8-18(9-7-14)23(22)20-11-15-4-3-5-16(10-15)17-12-19-21(2)13-17/h3-13H,1-2H3. The van der Waals surface area contributed by atoms with E-state index in [-0.39, 0.29) is 0 Å². The molecule has 0 spiro atoms. The summed E-state index contributed by atoms with van der Waals surface area (Å²) in [6.45, 7) is 2.00. The average molecular weight is 323 g/mol. The summed E-state index contributed by atoms with van der Waals surface area (Å²) in [6, 6.07) is 15.5. The van der Waals surface area contributed by atoms with Crippen molar-refractivity contribution in [1.29, 1.82) is 0 Å². The zero-order valence-electron chi connectivity index (χ0n) is 13.0. The minimum absolute atomic E-state index is 0.704. The molecule has 0 fully saturated rings. The molecule has 3 rings (SSSR count). The van der Waals surface area contributed by atoms with Gasteiger partial charge in [-0.1, -0.05) is 40.3 Å². The van der Waals surface area contributed by atoms with Gasteiger partial charge in [0.2, 0.25) is 0 Å². The monoisotopic (exact) mass is 323 g/mol. The maximum atomic E-state index is 12.2. The second-order valence-electron chi connectivity index (χ2n) is 5.32. The Kier molecular flexibility index (Phi) is 4.60. The molecule has 1 aromatic heterocycles. The molecule has 0 saturated heterocycles. The van der Waals surface area contributed by atoms with Gasteiger partial charge in [0, 0.05) is 18.8 Å². The van der Waals surface area contributed by atoms with E-state index in [0.29, 0.717) is 4.90 Å². The quantitative estimate of drug-likeness (QED) is 0.545. The van der Waals surface area contributed by atoms with E-state index in [0.717, 1.165) is 22.3 Å². The molecule has 5 heteroatoms. The number of rotatable bonds is 4. The molecular weight excluding hydrogens is 306 g/mol. The summed E-state index contributed by atoms with van der Waals surface area (Å²) in [6.07, 6.45) is 5.43. The first-order valence-corrected chi connectivity index (χ1v) is 8.34. The van der Waals surface area contributed by atoms with Gasteiger partial charge in [0.1, 0.15) is 11.4 Å². The van der Waals surface area contributed by atoms with Crippen LogP contribution in [0.3, 0.4) is 0 Å². The summed E-state index contributed by atoms with van der Waals surface area (Å²) < 4.78 is 18.1. The molecule has 0 N–H and O–H groups in total. The Balaban J connectivity index is 1.78. The predicted octanol–water partition coefficient (Wildman–Crippen LogP) is 3.54. The molecule has 0 bridgehead atoms. The number of aryl methyl sites for hydroxylation is 2. The highest BCUT2D eigenvalue weighted by Crippen LogP contribution is 2.19. The summed E-state index contributed by atoms with van der Waals surface area (Å²) in [4.78, 5) is 0.704. The highest BCUT2D eigenvalue weighted by Gasteiger charge is 2.08. The number of nitrogens with zero attached hydrogens (tertiary/aromatic N) is 3. The van der Waals surface area contributed by atoms with Crippen LogP contribution in [0.1, 0.15) is 11.1 Å². The molecule has 4 nitrogen and oxygen atoms in total. The number of hydrogen-bond donors (Lipinski definition) is 0. The van der Waals surface area contributed by atoms with Crippen molar-refractivity contribution in [3.05, 3.63) is 72.1 Å². The SMILES string of the molecule is Cc1ccc([S+]([O-])N=Cc2cccc(-c3cnn(C)c3)c2)cc1. The zero-order valence-corrected chi connectivity index (χ0v) is 13.8. The predicted molar refractivity (Wildman–Crippen MR) is 93.8 cm³/mol. The maximum absolute atomic E-state index is 12.2. The van der Waals surface area contributed by atoms with Gasteiger partial charge in [0.05, 0.1) is 12.4 Å². The van der Waals surface area contributed by atoms with E-state index in [1.54, 1.807) is 10.9 Å². The summed E-state index contributed by atoms with van der Waals surface area (Å²) in [5.41, 5.74) is 4.15. The molecule has 2 aromatic carbocycles. The number of benzene rings is 2. The van der Waals surface area contributed by atoms with Crippen molar-refractivity contribution in [2.24, 2.45) is 11.4 Å². The maximum Gasteiger partial charge on any atom is 0.182 e. The van der Waals surface area contributed by atoms with E-state index < -0.39 is 11.4 Å². The van der Waals surface area contributed by atoms with Crippen molar-refractivity contribution in [3.63, 3.8) is 0 Å². The van der Waals surface area contributed by atoms with Crippen LogP contribution in [-0.4, -0.2) is 20.5 Å².